The van der Waals surface area contributed by atoms with E-state index in [9.17, 15) is 4.79 Å². The van der Waals surface area contributed by atoms with Crippen LogP contribution in [0.15, 0.2) is 48.7 Å². The summed E-state index contributed by atoms with van der Waals surface area (Å²) in [5.41, 5.74) is 5.97. The Bertz CT molecular complexity index is 1330. The minimum Gasteiger partial charge on any atom is -0.481 e. The molecule has 0 unspecified atom stereocenters. The van der Waals surface area contributed by atoms with E-state index in [1.165, 1.54) is 6.07 Å². The molecule has 0 atom stereocenters. The third-order valence-corrected chi connectivity index (χ3v) is 6.94. The summed E-state index contributed by atoms with van der Waals surface area (Å²) in [6.07, 6.45) is 5.32. The van der Waals surface area contributed by atoms with Gasteiger partial charge >= 0.3 is 5.97 Å². The fourth-order valence-electron chi connectivity index (χ4n) is 4.78. The molecule has 2 aromatic carbocycles. The summed E-state index contributed by atoms with van der Waals surface area (Å²) < 4.78 is 21.1. The molecule has 180 valence electrons. The molecule has 0 aliphatic heterocycles. The number of benzene rings is 2. The molecule has 0 bridgehead atoms. The van der Waals surface area contributed by atoms with Crippen molar-refractivity contribution < 1.29 is 19.0 Å². The number of hydrogen-bond donors (Lipinski definition) is 2. The normalized spacial score (nSPS) is 18.0. The fraction of sp³-hybridized carbons (Fsp3) is 0.321. The molecule has 2 aromatic heterocycles. The number of hydrogen-bond acceptors (Lipinski definition) is 4. The number of aryl methyl sites for hydroxylation is 2. The number of aromatic amines is 1. The third-order valence-electron chi connectivity index (χ3n) is 6.94. The van der Waals surface area contributed by atoms with Crippen LogP contribution in [0.3, 0.4) is 0 Å². The molecule has 0 spiro atoms. The Labute approximate surface area is 203 Å². The first-order chi connectivity index (χ1) is 16.9. The lowest BCUT2D eigenvalue weighted by Crippen LogP contribution is -2.25. The van der Waals surface area contributed by atoms with Crippen LogP contribution in [0.25, 0.3) is 33.5 Å². The van der Waals surface area contributed by atoms with Crippen molar-refractivity contribution in [1.29, 1.82) is 0 Å². The van der Waals surface area contributed by atoms with E-state index >= 15 is 4.39 Å². The number of nitrogens with one attached hydrogen (secondary N) is 1. The number of carboxylic acids is 1. The van der Waals surface area contributed by atoms with E-state index in [0.717, 1.165) is 59.0 Å². The lowest BCUT2D eigenvalue weighted by atomic mass is 9.85. The molecule has 35 heavy (non-hydrogen) atoms. The van der Waals surface area contributed by atoms with Gasteiger partial charge in [-0.1, -0.05) is 6.07 Å². The van der Waals surface area contributed by atoms with Gasteiger partial charge in [0.05, 0.1) is 16.6 Å². The van der Waals surface area contributed by atoms with E-state index < -0.39 is 5.97 Å². The quantitative estimate of drug-likeness (QED) is 0.335. The minimum atomic E-state index is -0.737. The van der Waals surface area contributed by atoms with Gasteiger partial charge in [-0.2, -0.15) is 0 Å². The van der Waals surface area contributed by atoms with Crippen LogP contribution in [0.5, 0.6) is 5.88 Å². The Balaban J connectivity index is 1.27. The molecule has 0 radical (unpaired) electrons. The standard InChI is InChI=1S/C28H28FN3O3/c1-16-11-24-25(12-17(16)2)32-28(31-24)22-9-5-19(14-23(22)29)20-6-10-26(30-15-20)35-21-7-3-18(4-8-21)13-27(33)34/h5-6,9-12,14-15,18,21H,3-4,7-8,13H2,1-2H3,(H,31,32)(H,33,34)/t18-,21+. The van der Waals surface area contributed by atoms with E-state index in [0.29, 0.717) is 17.3 Å². The first-order valence-electron chi connectivity index (χ1n) is 12.0. The third kappa shape index (κ3) is 5.04. The molecule has 1 aliphatic carbocycles. The number of ether oxygens (including phenoxy) is 1. The van der Waals surface area contributed by atoms with Gasteiger partial charge in [0.1, 0.15) is 17.7 Å². The Morgan fingerprint density at radius 2 is 1.80 bits per heavy atom. The van der Waals surface area contributed by atoms with Crippen molar-refractivity contribution in [3.05, 3.63) is 65.6 Å². The van der Waals surface area contributed by atoms with Crippen LogP contribution in [0.1, 0.15) is 43.2 Å². The second-order valence-corrected chi connectivity index (χ2v) is 9.48. The summed E-state index contributed by atoms with van der Waals surface area (Å²) in [5, 5.41) is 8.96. The molecule has 6 nitrogen and oxygen atoms in total. The van der Waals surface area contributed by atoms with Crippen LogP contribution in [0.2, 0.25) is 0 Å². The highest BCUT2D eigenvalue weighted by Crippen LogP contribution is 2.31. The molecular formula is C28H28FN3O3. The summed E-state index contributed by atoms with van der Waals surface area (Å²) in [6, 6.07) is 12.8. The molecule has 1 fully saturated rings. The average Bonchev–Trinajstić information content (AvgIpc) is 3.23. The first kappa shape index (κ1) is 23.0. The molecule has 0 amide bonds. The summed E-state index contributed by atoms with van der Waals surface area (Å²) in [6.45, 7) is 4.08. The zero-order valence-electron chi connectivity index (χ0n) is 19.8. The summed E-state index contributed by atoms with van der Waals surface area (Å²) in [7, 11) is 0. The van der Waals surface area contributed by atoms with Gasteiger partial charge in [-0.05, 0) is 92.5 Å². The zero-order valence-corrected chi connectivity index (χ0v) is 19.8. The number of pyridine rings is 1. The molecular weight excluding hydrogens is 445 g/mol. The van der Waals surface area contributed by atoms with Crippen LogP contribution < -0.4 is 4.74 Å². The van der Waals surface area contributed by atoms with Gasteiger partial charge in [-0.3, -0.25) is 4.79 Å². The van der Waals surface area contributed by atoms with Crippen molar-refractivity contribution in [3.8, 4) is 28.4 Å². The molecule has 2 N–H and O–H groups in total. The molecule has 0 saturated heterocycles. The van der Waals surface area contributed by atoms with Crippen molar-refractivity contribution in [1.82, 2.24) is 15.0 Å². The molecule has 5 rings (SSSR count). The van der Waals surface area contributed by atoms with Gasteiger partial charge in [-0.15, -0.1) is 0 Å². The number of carboxylic acid groups (broad SMARTS) is 1. The smallest absolute Gasteiger partial charge is 0.303 e. The van der Waals surface area contributed by atoms with Crippen LogP contribution in [0, 0.1) is 25.6 Å². The number of H-pyrrole nitrogens is 1. The minimum absolute atomic E-state index is 0.0477. The number of fused-ring (bicyclic) bond motifs is 1. The Morgan fingerprint density at radius 3 is 2.49 bits per heavy atom. The number of nitrogens with zero attached hydrogens (tertiary/aromatic N) is 2. The Kier molecular flexibility index (Phi) is 6.24. The van der Waals surface area contributed by atoms with E-state index in [1.54, 1.807) is 18.3 Å². The molecule has 4 aromatic rings. The van der Waals surface area contributed by atoms with Crippen molar-refractivity contribution >= 4 is 17.0 Å². The number of aliphatic carboxylic acids is 1. The molecule has 1 aliphatic rings. The maximum atomic E-state index is 15.1. The number of halogens is 1. The Morgan fingerprint density at radius 1 is 1.06 bits per heavy atom. The van der Waals surface area contributed by atoms with Crippen LogP contribution in [-0.4, -0.2) is 32.1 Å². The second kappa shape index (κ2) is 9.49. The second-order valence-electron chi connectivity index (χ2n) is 9.48. The van der Waals surface area contributed by atoms with Crippen molar-refractivity contribution in [3.63, 3.8) is 0 Å². The largest absolute Gasteiger partial charge is 0.481 e. The average molecular weight is 474 g/mol. The predicted molar refractivity (Wildman–Crippen MR) is 133 cm³/mol. The Hall–Kier alpha value is -3.74. The monoisotopic (exact) mass is 473 g/mol. The predicted octanol–water partition coefficient (Wildman–Crippen LogP) is 6.46. The van der Waals surface area contributed by atoms with Gasteiger partial charge in [0.15, 0.2) is 0 Å². The SMILES string of the molecule is Cc1cc2nc(-c3ccc(-c4ccc(O[C@H]5CC[C@@H](CC(=O)O)CC5)nc4)cc3F)[nH]c2cc1C. The topological polar surface area (TPSA) is 88.1 Å². The summed E-state index contributed by atoms with van der Waals surface area (Å²) >= 11 is 0. The van der Waals surface area contributed by atoms with Crippen LogP contribution >= 0.6 is 0 Å². The lowest BCUT2D eigenvalue weighted by Gasteiger charge is -2.27. The number of imidazole rings is 1. The maximum absolute atomic E-state index is 15.1. The summed E-state index contributed by atoms with van der Waals surface area (Å²) in [4.78, 5) is 23.1. The van der Waals surface area contributed by atoms with Crippen molar-refractivity contribution in [2.45, 2.75) is 52.1 Å². The van der Waals surface area contributed by atoms with E-state index in [2.05, 4.69) is 15.0 Å². The van der Waals surface area contributed by atoms with Gasteiger partial charge in [-0.25, -0.2) is 14.4 Å². The van der Waals surface area contributed by atoms with Gasteiger partial charge in [0.2, 0.25) is 5.88 Å². The van der Waals surface area contributed by atoms with Crippen molar-refractivity contribution in [2.75, 3.05) is 0 Å². The van der Waals surface area contributed by atoms with Crippen molar-refractivity contribution in [2.24, 2.45) is 5.92 Å². The van der Waals surface area contributed by atoms with Crippen LogP contribution in [-0.2, 0) is 4.79 Å². The first-order valence-corrected chi connectivity index (χ1v) is 12.0. The molecule has 7 heteroatoms. The fourth-order valence-corrected chi connectivity index (χ4v) is 4.78. The summed E-state index contributed by atoms with van der Waals surface area (Å²) in [5.74, 6) is 0.176. The lowest BCUT2D eigenvalue weighted by molar-refractivity contribution is -0.138. The van der Waals surface area contributed by atoms with E-state index in [4.69, 9.17) is 9.84 Å². The highest BCUT2D eigenvalue weighted by Gasteiger charge is 2.24. The van der Waals surface area contributed by atoms with Gasteiger partial charge in [0.25, 0.3) is 0 Å². The number of carbonyl (C=O) groups is 1. The zero-order chi connectivity index (χ0) is 24.5. The maximum Gasteiger partial charge on any atom is 0.303 e. The number of rotatable bonds is 6. The molecule has 1 saturated carbocycles. The van der Waals surface area contributed by atoms with Crippen LogP contribution in [0.4, 0.5) is 4.39 Å². The molecule has 2 heterocycles. The van der Waals surface area contributed by atoms with E-state index in [-0.39, 0.29) is 24.3 Å². The highest BCUT2D eigenvalue weighted by atomic mass is 19.1. The van der Waals surface area contributed by atoms with E-state index in [1.807, 2.05) is 38.1 Å². The van der Waals surface area contributed by atoms with Gasteiger partial charge in [0, 0.05) is 24.2 Å². The highest BCUT2D eigenvalue weighted by molar-refractivity contribution is 5.81. The van der Waals surface area contributed by atoms with Gasteiger partial charge < -0.3 is 14.8 Å². The number of aromatic nitrogens is 3.